The van der Waals surface area contributed by atoms with Gasteiger partial charge in [0.25, 0.3) is 0 Å². The fraction of sp³-hybridized carbons (Fsp3) is 0.900. The van der Waals surface area contributed by atoms with Gasteiger partial charge in [0.05, 0.1) is 17.3 Å². The molecule has 0 unspecified atom stereocenters. The van der Waals surface area contributed by atoms with Crippen molar-refractivity contribution >= 4 is 16.2 Å². The molecule has 3 nitrogen and oxygen atoms in total. The summed E-state index contributed by atoms with van der Waals surface area (Å²) in [5.41, 5.74) is 0.626. The van der Waals surface area contributed by atoms with Crippen LogP contribution >= 0.6 is 0 Å². The second kappa shape index (κ2) is 8.28. The highest BCUT2D eigenvalue weighted by Crippen LogP contribution is 2.39. The van der Waals surface area contributed by atoms with E-state index in [-0.39, 0.29) is 18.3 Å². The van der Waals surface area contributed by atoms with Gasteiger partial charge in [0, 0.05) is 0 Å². The molecule has 1 aliphatic carbocycles. The van der Waals surface area contributed by atoms with Crippen molar-refractivity contribution in [2.24, 2.45) is 11.8 Å². The Labute approximate surface area is 157 Å². The first-order chi connectivity index (χ1) is 11.5. The SMILES string of the molecule is C/C(=C/[C@H](C)[C@H](O[SiH](C)C)C1CCCCC1)B1OC(C)(C)C(C)(C)O1. The van der Waals surface area contributed by atoms with Crippen LogP contribution in [0.25, 0.3) is 0 Å². The summed E-state index contributed by atoms with van der Waals surface area (Å²) in [4.78, 5) is 0. The Kier molecular flexibility index (Phi) is 7.03. The Morgan fingerprint density at radius 3 is 2.08 bits per heavy atom. The van der Waals surface area contributed by atoms with Crippen LogP contribution in [0.5, 0.6) is 0 Å². The van der Waals surface area contributed by atoms with Gasteiger partial charge in [0.15, 0.2) is 9.04 Å². The van der Waals surface area contributed by atoms with Crippen molar-refractivity contribution < 1.29 is 13.7 Å². The van der Waals surface area contributed by atoms with Gasteiger partial charge in [0.2, 0.25) is 0 Å². The fourth-order valence-corrected chi connectivity index (χ4v) is 5.16. The van der Waals surface area contributed by atoms with Crippen LogP contribution in [0.15, 0.2) is 11.5 Å². The first-order valence-electron chi connectivity index (χ1n) is 10.2. The summed E-state index contributed by atoms with van der Waals surface area (Å²) in [5.74, 6) is 1.11. The molecule has 2 rings (SSSR count). The molecular weight excluding hydrogens is 327 g/mol. The Hall–Kier alpha value is -0.0982. The van der Waals surface area contributed by atoms with Gasteiger partial charge in [-0.05, 0) is 77.9 Å². The molecule has 1 aliphatic heterocycles. The Morgan fingerprint density at radius 2 is 1.60 bits per heavy atom. The van der Waals surface area contributed by atoms with E-state index in [1.54, 1.807) is 0 Å². The third-order valence-corrected chi connectivity index (χ3v) is 7.07. The zero-order chi connectivity index (χ0) is 18.8. The maximum atomic E-state index is 6.51. The molecule has 0 aromatic heterocycles. The highest BCUT2D eigenvalue weighted by molar-refractivity contribution is 6.54. The number of hydrogen-bond acceptors (Lipinski definition) is 3. The van der Waals surface area contributed by atoms with Gasteiger partial charge in [-0.2, -0.15) is 0 Å². The van der Waals surface area contributed by atoms with Crippen LogP contribution in [0.2, 0.25) is 13.1 Å². The Balaban J connectivity index is 2.10. The lowest BCUT2D eigenvalue weighted by molar-refractivity contribution is 0.00578. The lowest BCUT2D eigenvalue weighted by Crippen LogP contribution is -2.41. The van der Waals surface area contributed by atoms with Crippen molar-refractivity contribution in [2.45, 2.75) is 104 Å². The smallest absolute Gasteiger partial charge is 0.417 e. The van der Waals surface area contributed by atoms with Crippen molar-refractivity contribution in [1.29, 1.82) is 0 Å². The molecule has 0 amide bonds. The van der Waals surface area contributed by atoms with Crippen molar-refractivity contribution in [3.05, 3.63) is 11.5 Å². The molecule has 2 atom stereocenters. The fourth-order valence-electron chi connectivity index (χ4n) is 4.06. The Bertz CT molecular complexity index is 454. The summed E-state index contributed by atoms with van der Waals surface area (Å²) in [6, 6.07) is 0. The first kappa shape index (κ1) is 21.2. The molecule has 1 heterocycles. The van der Waals surface area contributed by atoms with Gasteiger partial charge in [0.1, 0.15) is 0 Å². The second-order valence-electron chi connectivity index (χ2n) is 9.41. The van der Waals surface area contributed by atoms with Gasteiger partial charge >= 0.3 is 7.12 Å². The molecule has 25 heavy (non-hydrogen) atoms. The van der Waals surface area contributed by atoms with Crippen LogP contribution in [0.1, 0.15) is 73.6 Å². The standard InChI is InChI=1S/C20H39BO3Si/c1-15(18(22-25(7)8)17-12-10-9-11-13-17)14-16(2)21-23-19(3,4)20(5,6)24-21/h14-15,17-18,25H,9-13H2,1-8H3/b16-14-/t15-,18-/m0/s1. The predicted molar refractivity (Wildman–Crippen MR) is 109 cm³/mol. The van der Waals surface area contributed by atoms with E-state index in [4.69, 9.17) is 13.7 Å². The molecule has 5 heteroatoms. The predicted octanol–water partition coefficient (Wildman–Crippen LogP) is 5.15. The molecule has 2 aliphatic rings. The van der Waals surface area contributed by atoms with Crippen LogP contribution in [-0.4, -0.2) is 33.5 Å². The van der Waals surface area contributed by atoms with E-state index in [9.17, 15) is 0 Å². The number of allylic oxidation sites excluding steroid dienone is 1. The molecule has 0 aromatic rings. The van der Waals surface area contributed by atoms with Crippen LogP contribution < -0.4 is 0 Å². The van der Waals surface area contributed by atoms with Crippen molar-refractivity contribution in [1.82, 2.24) is 0 Å². The van der Waals surface area contributed by atoms with Crippen molar-refractivity contribution in [3.63, 3.8) is 0 Å². The van der Waals surface area contributed by atoms with E-state index < -0.39 is 9.04 Å². The van der Waals surface area contributed by atoms with E-state index >= 15 is 0 Å². The minimum absolute atomic E-state index is 0.240. The van der Waals surface area contributed by atoms with Crippen molar-refractivity contribution in [2.75, 3.05) is 0 Å². The minimum Gasteiger partial charge on any atom is -0.417 e. The minimum atomic E-state index is -1.06. The summed E-state index contributed by atoms with van der Waals surface area (Å²) in [5, 5.41) is 0. The molecule has 1 saturated carbocycles. The van der Waals surface area contributed by atoms with E-state index in [2.05, 4.69) is 60.7 Å². The summed E-state index contributed by atoms with van der Waals surface area (Å²) in [7, 11) is -1.30. The van der Waals surface area contributed by atoms with E-state index in [0.29, 0.717) is 17.9 Å². The first-order valence-corrected chi connectivity index (χ1v) is 13.0. The average molecular weight is 366 g/mol. The van der Waals surface area contributed by atoms with Crippen molar-refractivity contribution in [3.8, 4) is 0 Å². The maximum Gasteiger partial charge on any atom is 0.489 e. The molecule has 0 aromatic carbocycles. The normalized spacial score (nSPS) is 26.9. The van der Waals surface area contributed by atoms with Crippen LogP contribution in [0.3, 0.4) is 0 Å². The third kappa shape index (κ3) is 5.21. The number of hydrogen-bond donors (Lipinski definition) is 0. The molecule has 0 spiro atoms. The van der Waals surface area contributed by atoms with Crippen LogP contribution in [0, 0.1) is 11.8 Å². The largest absolute Gasteiger partial charge is 0.489 e. The Morgan fingerprint density at radius 1 is 1.08 bits per heavy atom. The van der Waals surface area contributed by atoms with Gasteiger partial charge in [-0.1, -0.05) is 32.3 Å². The van der Waals surface area contributed by atoms with Gasteiger partial charge < -0.3 is 13.7 Å². The molecule has 2 fully saturated rings. The summed E-state index contributed by atoms with van der Waals surface area (Å²) in [6.07, 6.45) is 9.44. The van der Waals surface area contributed by atoms with E-state index in [1.807, 2.05) is 0 Å². The molecular formula is C20H39BO3Si. The quantitative estimate of drug-likeness (QED) is 0.609. The van der Waals surface area contributed by atoms with Crippen LogP contribution in [-0.2, 0) is 13.7 Å². The average Bonchev–Trinajstić information content (AvgIpc) is 2.73. The van der Waals surface area contributed by atoms with Gasteiger partial charge in [-0.3, -0.25) is 0 Å². The zero-order valence-corrected chi connectivity index (χ0v) is 18.9. The van der Waals surface area contributed by atoms with E-state index in [1.165, 1.54) is 37.6 Å². The zero-order valence-electron chi connectivity index (χ0n) is 17.7. The molecule has 0 bridgehead atoms. The van der Waals surface area contributed by atoms with Crippen LogP contribution in [0.4, 0.5) is 0 Å². The molecule has 0 N–H and O–H groups in total. The van der Waals surface area contributed by atoms with Gasteiger partial charge in [-0.15, -0.1) is 0 Å². The molecule has 0 radical (unpaired) electrons. The monoisotopic (exact) mass is 366 g/mol. The van der Waals surface area contributed by atoms with Gasteiger partial charge in [-0.25, -0.2) is 0 Å². The molecule has 1 saturated heterocycles. The molecule has 144 valence electrons. The van der Waals surface area contributed by atoms with E-state index in [0.717, 1.165) is 0 Å². The topological polar surface area (TPSA) is 27.7 Å². The highest BCUT2D eigenvalue weighted by Gasteiger charge is 2.51. The third-order valence-electron chi connectivity index (χ3n) is 6.21. The maximum absolute atomic E-state index is 6.51. The second-order valence-corrected chi connectivity index (χ2v) is 11.8. The summed E-state index contributed by atoms with van der Waals surface area (Å²) >= 11 is 0. The lowest BCUT2D eigenvalue weighted by atomic mass is 9.75. The lowest BCUT2D eigenvalue weighted by Gasteiger charge is -2.35. The summed E-state index contributed by atoms with van der Waals surface area (Å²) in [6.45, 7) is 17.5. The summed E-state index contributed by atoms with van der Waals surface area (Å²) < 4.78 is 18.9. The number of rotatable bonds is 6. The highest BCUT2D eigenvalue weighted by atomic mass is 28.3.